The van der Waals surface area contributed by atoms with Gasteiger partial charge in [-0.25, -0.2) is 9.97 Å². The molecule has 1 aliphatic heterocycles. The summed E-state index contributed by atoms with van der Waals surface area (Å²) < 4.78 is 16.2. The predicted molar refractivity (Wildman–Crippen MR) is 152 cm³/mol. The lowest BCUT2D eigenvalue weighted by Gasteiger charge is -2.44. The van der Waals surface area contributed by atoms with E-state index < -0.39 is 0 Å². The number of nitrogens with zero attached hydrogens (tertiary/aromatic N) is 5. The summed E-state index contributed by atoms with van der Waals surface area (Å²) in [4.78, 5) is 25.2. The number of fused-ring (bicyclic) bond motifs is 2. The van der Waals surface area contributed by atoms with Crippen LogP contribution in [0.2, 0.25) is 0 Å². The van der Waals surface area contributed by atoms with Gasteiger partial charge in [-0.15, -0.1) is 0 Å². The monoisotopic (exact) mass is 530 g/mol. The van der Waals surface area contributed by atoms with Gasteiger partial charge in [-0.2, -0.15) is 0 Å². The zero-order valence-electron chi connectivity index (χ0n) is 23.3. The van der Waals surface area contributed by atoms with Crippen LogP contribution in [0, 0.1) is 5.92 Å². The van der Waals surface area contributed by atoms with Crippen LogP contribution in [0.4, 0.5) is 0 Å². The van der Waals surface area contributed by atoms with E-state index in [0.29, 0.717) is 23.8 Å². The van der Waals surface area contributed by atoms with E-state index in [4.69, 9.17) is 20.2 Å². The van der Waals surface area contributed by atoms with Gasteiger partial charge in [0, 0.05) is 56.5 Å². The first-order valence-corrected chi connectivity index (χ1v) is 14.0. The highest BCUT2D eigenvalue weighted by Gasteiger charge is 2.41. The number of amides is 1. The molecule has 1 aliphatic carbocycles. The molecule has 0 radical (unpaired) electrons. The third-order valence-electron chi connectivity index (χ3n) is 8.59. The number of benzene rings is 1. The van der Waals surface area contributed by atoms with Crippen molar-refractivity contribution in [2.75, 3.05) is 27.3 Å². The Morgan fingerprint density at radius 2 is 2.03 bits per heavy atom. The molecule has 2 fully saturated rings. The Bertz CT molecular complexity index is 1530. The van der Waals surface area contributed by atoms with Crippen LogP contribution in [-0.4, -0.2) is 68.9 Å². The van der Waals surface area contributed by atoms with Gasteiger partial charge in [0.25, 0.3) is 5.91 Å². The molecule has 4 heterocycles. The quantitative estimate of drug-likeness (QED) is 0.379. The minimum Gasteiger partial charge on any atom is -0.494 e. The van der Waals surface area contributed by atoms with Crippen LogP contribution in [0.25, 0.3) is 33.6 Å². The fraction of sp³-hybridized carbons (Fsp3) is 0.500. The molecular weight excluding hydrogens is 492 g/mol. The Balaban J connectivity index is 1.50. The average Bonchev–Trinajstić information content (AvgIpc) is 3.49. The number of pyridine rings is 1. The molecule has 39 heavy (non-hydrogen) atoms. The van der Waals surface area contributed by atoms with Crippen molar-refractivity contribution in [3.63, 3.8) is 0 Å². The van der Waals surface area contributed by atoms with E-state index in [-0.39, 0.29) is 17.6 Å². The Hall–Kier alpha value is -3.43. The normalized spacial score (nSPS) is 23.4. The number of carbonyl (C=O) groups excluding carboxylic acids is 1. The van der Waals surface area contributed by atoms with Crippen molar-refractivity contribution in [2.24, 2.45) is 11.7 Å². The highest BCUT2D eigenvalue weighted by molar-refractivity contribution is 6.00. The first-order valence-electron chi connectivity index (χ1n) is 14.0. The third kappa shape index (κ3) is 4.47. The first-order chi connectivity index (χ1) is 18.8. The van der Waals surface area contributed by atoms with Crippen LogP contribution >= 0.6 is 0 Å². The minimum absolute atomic E-state index is 0.0176. The number of imidazole rings is 1. The van der Waals surface area contributed by atoms with Gasteiger partial charge >= 0.3 is 0 Å². The summed E-state index contributed by atoms with van der Waals surface area (Å²) in [6.07, 6.45) is 5.66. The van der Waals surface area contributed by atoms with Crippen LogP contribution in [0.15, 0.2) is 36.5 Å². The molecule has 1 aromatic carbocycles. The number of carbonyl (C=O) groups is 1. The lowest BCUT2D eigenvalue weighted by Crippen LogP contribution is -2.45. The summed E-state index contributed by atoms with van der Waals surface area (Å²) in [7, 11) is 3.45. The standard InChI is InChI=1S/C30H38N6O3/c1-5-35-24(13-20-8-6-10-32-27(20)35)28-33-23-12-21(29(37)34-11-7-9-22(31)18-34)14-25(38-3)26(23)36(28)17-19-15-30(2,16-19)39-4/h6,8,10,12-14,19,22H,5,7,9,11,15-18,31H2,1-4H3. The van der Waals surface area contributed by atoms with Crippen molar-refractivity contribution in [3.8, 4) is 17.3 Å². The molecule has 206 valence electrons. The van der Waals surface area contributed by atoms with Gasteiger partial charge in [-0.1, -0.05) is 0 Å². The molecular formula is C30H38N6O3. The van der Waals surface area contributed by atoms with Crippen LogP contribution in [-0.2, 0) is 17.8 Å². The maximum absolute atomic E-state index is 13.5. The number of ether oxygens (including phenoxy) is 2. The fourth-order valence-electron chi connectivity index (χ4n) is 6.57. The van der Waals surface area contributed by atoms with Crippen molar-refractivity contribution in [1.82, 2.24) is 24.0 Å². The summed E-state index contributed by atoms with van der Waals surface area (Å²) in [5, 5.41) is 1.08. The molecule has 1 saturated carbocycles. The largest absolute Gasteiger partial charge is 0.494 e. The number of hydrogen-bond donors (Lipinski definition) is 1. The van der Waals surface area contributed by atoms with E-state index in [9.17, 15) is 4.79 Å². The lowest BCUT2D eigenvalue weighted by atomic mass is 9.72. The van der Waals surface area contributed by atoms with Gasteiger partial charge in [0.1, 0.15) is 16.9 Å². The second-order valence-corrected chi connectivity index (χ2v) is 11.4. The fourth-order valence-corrected chi connectivity index (χ4v) is 6.57. The Morgan fingerprint density at radius 1 is 1.21 bits per heavy atom. The molecule has 6 rings (SSSR count). The second-order valence-electron chi connectivity index (χ2n) is 11.4. The topological polar surface area (TPSA) is 100 Å². The molecule has 0 spiro atoms. The maximum atomic E-state index is 13.5. The summed E-state index contributed by atoms with van der Waals surface area (Å²) in [6, 6.07) is 10.0. The summed E-state index contributed by atoms with van der Waals surface area (Å²) >= 11 is 0. The van der Waals surface area contributed by atoms with Crippen molar-refractivity contribution in [3.05, 3.63) is 42.1 Å². The van der Waals surface area contributed by atoms with E-state index >= 15 is 0 Å². The summed E-state index contributed by atoms with van der Waals surface area (Å²) in [5.41, 5.74) is 10.3. The SMILES string of the molecule is CCn1c(-c2nc3cc(C(=O)N4CCCC(N)C4)cc(OC)c3n2CC2CC(C)(OC)C2)cc2cccnc21. The van der Waals surface area contributed by atoms with Gasteiger partial charge in [0.05, 0.1) is 23.9 Å². The average molecular weight is 531 g/mol. The van der Waals surface area contributed by atoms with Crippen molar-refractivity contribution in [1.29, 1.82) is 0 Å². The van der Waals surface area contributed by atoms with Crippen molar-refractivity contribution < 1.29 is 14.3 Å². The first kappa shape index (κ1) is 25.8. The highest BCUT2D eigenvalue weighted by Crippen LogP contribution is 2.43. The molecule has 1 atom stereocenters. The minimum atomic E-state index is -0.0809. The number of aromatic nitrogens is 4. The summed E-state index contributed by atoms with van der Waals surface area (Å²) in [5.74, 6) is 1.94. The van der Waals surface area contributed by atoms with Crippen LogP contribution < -0.4 is 10.5 Å². The number of likely N-dealkylation sites (tertiary alicyclic amines) is 1. The maximum Gasteiger partial charge on any atom is 0.254 e. The second kappa shape index (κ2) is 9.95. The highest BCUT2D eigenvalue weighted by atomic mass is 16.5. The summed E-state index contributed by atoms with van der Waals surface area (Å²) in [6.45, 7) is 7.14. The van der Waals surface area contributed by atoms with Gasteiger partial charge in [0.15, 0.2) is 5.82 Å². The molecule has 2 aliphatic rings. The number of piperidine rings is 1. The van der Waals surface area contributed by atoms with Crippen LogP contribution in [0.3, 0.4) is 0 Å². The number of nitrogens with two attached hydrogens (primary N) is 1. The van der Waals surface area contributed by atoms with E-state index in [1.165, 1.54) is 0 Å². The number of aryl methyl sites for hydroxylation is 1. The zero-order valence-corrected chi connectivity index (χ0v) is 23.3. The Morgan fingerprint density at radius 3 is 2.74 bits per heavy atom. The van der Waals surface area contributed by atoms with Gasteiger partial charge < -0.3 is 29.2 Å². The third-order valence-corrected chi connectivity index (χ3v) is 8.59. The number of hydrogen-bond acceptors (Lipinski definition) is 6. The van der Waals surface area contributed by atoms with E-state index in [1.807, 2.05) is 29.3 Å². The lowest BCUT2D eigenvalue weighted by molar-refractivity contribution is -0.0937. The zero-order chi connectivity index (χ0) is 27.3. The number of methoxy groups -OCH3 is 2. The number of rotatable bonds is 7. The molecule has 0 bridgehead atoms. The molecule has 1 amide bonds. The van der Waals surface area contributed by atoms with Crippen molar-refractivity contribution in [2.45, 2.75) is 64.3 Å². The van der Waals surface area contributed by atoms with E-state index in [1.54, 1.807) is 14.2 Å². The van der Waals surface area contributed by atoms with Gasteiger partial charge in [-0.05, 0) is 75.8 Å². The van der Waals surface area contributed by atoms with Crippen LogP contribution in [0.5, 0.6) is 5.75 Å². The van der Waals surface area contributed by atoms with Crippen LogP contribution in [0.1, 0.15) is 49.9 Å². The molecule has 1 unspecified atom stereocenters. The molecule has 4 aromatic rings. The molecule has 3 aromatic heterocycles. The van der Waals surface area contributed by atoms with Gasteiger partial charge in [0.2, 0.25) is 0 Å². The Kier molecular flexibility index (Phi) is 6.59. The predicted octanol–water partition coefficient (Wildman–Crippen LogP) is 4.46. The molecule has 9 nitrogen and oxygen atoms in total. The van der Waals surface area contributed by atoms with Gasteiger partial charge in [-0.3, -0.25) is 4.79 Å². The molecule has 2 N–H and O–H groups in total. The van der Waals surface area contributed by atoms with E-state index in [2.05, 4.69) is 40.1 Å². The van der Waals surface area contributed by atoms with E-state index in [0.717, 1.165) is 78.9 Å². The Labute approximate surface area is 228 Å². The van der Waals surface area contributed by atoms with Crippen molar-refractivity contribution >= 4 is 28.0 Å². The molecule has 1 saturated heterocycles. The smallest absolute Gasteiger partial charge is 0.254 e. The molecule has 9 heteroatoms.